The molecule has 3 aromatic heterocycles. The number of thioether (sulfide) groups is 2. The molecular weight excluding hydrogens is 664 g/mol. The molecule has 5 rings (SSSR count). The average Bonchev–Trinajstić information content (AvgIpc) is 3.65. The van der Waals surface area contributed by atoms with Crippen molar-refractivity contribution in [2.45, 2.75) is 22.7 Å². The van der Waals surface area contributed by atoms with Gasteiger partial charge in [0.25, 0.3) is 20.3 Å². The van der Waals surface area contributed by atoms with Gasteiger partial charge in [-0.2, -0.15) is 9.36 Å². The molecule has 43 heavy (non-hydrogen) atoms. The Morgan fingerprint density at radius 1 is 1.33 bits per heavy atom. The zero-order valence-electron chi connectivity index (χ0n) is 22.1. The monoisotopic (exact) mass is 684 g/mol. The summed E-state index contributed by atoms with van der Waals surface area (Å²) < 4.78 is 6.47. The maximum Gasteiger partial charge on any atom is 0.314 e. The Bertz CT molecular complexity index is 1600. The van der Waals surface area contributed by atoms with Crippen LogP contribution in [0.4, 0.5) is 0 Å². The molecule has 1 saturated heterocycles. The van der Waals surface area contributed by atoms with Crippen LogP contribution in [0.5, 0.6) is 5.19 Å². The van der Waals surface area contributed by atoms with Gasteiger partial charge in [-0.15, -0.1) is 23.1 Å². The van der Waals surface area contributed by atoms with Gasteiger partial charge in [-0.3, -0.25) is 14.5 Å². The van der Waals surface area contributed by atoms with E-state index in [2.05, 4.69) is 24.8 Å². The lowest BCUT2D eigenvalue weighted by Crippen LogP contribution is -2.71. The SMILES string of the molecule is CCO/N=C(/C(=O)NC1C(=O)N2C(C(=O)[O-])=C(Sc3nc(-c4cc[n+](C)cc4)cs3)CS[C@H]12)c1nsc(ONP(O)O)n1. The van der Waals surface area contributed by atoms with Crippen LogP contribution in [0.3, 0.4) is 0 Å². The van der Waals surface area contributed by atoms with Crippen LogP contribution in [-0.4, -0.2) is 76.3 Å². The number of aliphatic carboxylic acids is 1. The molecule has 0 aromatic carbocycles. The van der Waals surface area contributed by atoms with E-state index in [0.717, 1.165) is 27.9 Å². The highest BCUT2D eigenvalue weighted by atomic mass is 32.2. The predicted octanol–water partition coefficient (Wildman–Crippen LogP) is -0.525. The third-order valence-electron chi connectivity index (χ3n) is 5.71. The van der Waals surface area contributed by atoms with Gasteiger partial charge in [0.1, 0.15) is 25.1 Å². The molecule has 0 spiro atoms. The molecule has 0 aliphatic carbocycles. The number of rotatable bonds is 12. The molecule has 21 heteroatoms. The molecule has 1 unspecified atom stereocenters. The lowest BCUT2D eigenvalue weighted by molar-refractivity contribution is -0.671. The number of carboxylic acids is 1. The van der Waals surface area contributed by atoms with Crippen molar-refractivity contribution in [3.8, 4) is 16.5 Å². The third kappa shape index (κ3) is 6.96. The largest absolute Gasteiger partial charge is 0.543 e. The number of oxime groups is 1. The highest BCUT2D eigenvalue weighted by Crippen LogP contribution is 2.45. The fraction of sp³-hybridized carbons (Fsp3) is 0.273. The second-order valence-electron chi connectivity index (χ2n) is 8.50. The quantitative estimate of drug-likeness (QED) is 0.0621. The van der Waals surface area contributed by atoms with Gasteiger partial charge in [0.05, 0.1) is 17.4 Å². The van der Waals surface area contributed by atoms with Gasteiger partial charge in [0.2, 0.25) is 11.5 Å². The van der Waals surface area contributed by atoms with Crippen LogP contribution in [0.25, 0.3) is 11.3 Å². The van der Waals surface area contributed by atoms with Crippen LogP contribution in [0.15, 0.2) is 50.0 Å². The number of nitrogens with one attached hydrogen (secondary N) is 2. The maximum atomic E-state index is 13.2. The molecule has 3 aromatic rings. The summed E-state index contributed by atoms with van der Waals surface area (Å²) in [5.74, 6) is -2.97. The van der Waals surface area contributed by atoms with Crippen molar-refractivity contribution >= 4 is 78.4 Å². The molecule has 2 aliphatic rings. The van der Waals surface area contributed by atoms with E-state index in [1.54, 1.807) is 6.92 Å². The minimum absolute atomic E-state index is 0.116. The molecule has 0 radical (unpaired) electrons. The van der Waals surface area contributed by atoms with E-state index >= 15 is 0 Å². The van der Waals surface area contributed by atoms with Gasteiger partial charge >= 0.3 is 5.19 Å². The summed E-state index contributed by atoms with van der Waals surface area (Å²) in [6, 6.07) is 2.77. The van der Waals surface area contributed by atoms with Crippen LogP contribution < -0.4 is 25.1 Å². The fourth-order valence-corrected chi connectivity index (χ4v) is 8.01. The van der Waals surface area contributed by atoms with Gasteiger partial charge in [0, 0.05) is 45.3 Å². The number of carbonyl (C=O) groups excluding carboxylic acids is 3. The number of carbonyl (C=O) groups is 3. The number of fused-ring (bicyclic) bond motifs is 1. The lowest BCUT2D eigenvalue weighted by Gasteiger charge is -2.50. The van der Waals surface area contributed by atoms with Crippen LogP contribution in [0, 0.1) is 0 Å². The van der Waals surface area contributed by atoms with Crippen molar-refractivity contribution in [3.05, 3.63) is 46.3 Å². The Hall–Kier alpha value is -3.23. The van der Waals surface area contributed by atoms with E-state index in [-0.39, 0.29) is 34.8 Å². The normalized spacial score (nSPS) is 18.4. The fourth-order valence-electron chi connectivity index (χ4n) is 3.82. The average molecular weight is 685 g/mol. The number of aryl methyl sites for hydroxylation is 1. The van der Waals surface area contributed by atoms with Crippen molar-refractivity contribution in [1.29, 1.82) is 0 Å². The summed E-state index contributed by atoms with van der Waals surface area (Å²) in [4.78, 5) is 76.3. The number of nitrogens with zero attached hydrogens (tertiary/aromatic N) is 6. The predicted molar refractivity (Wildman–Crippen MR) is 155 cm³/mol. The first kappa shape index (κ1) is 31.2. The van der Waals surface area contributed by atoms with Crippen molar-refractivity contribution in [1.82, 2.24) is 29.8 Å². The molecule has 0 bridgehead atoms. The molecule has 226 valence electrons. The van der Waals surface area contributed by atoms with Gasteiger partial charge in [0.15, 0.2) is 16.7 Å². The Kier molecular flexibility index (Phi) is 9.87. The number of thiazole rings is 1. The number of pyridine rings is 1. The van der Waals surface area contributed by atoms with Crippen LogP contribution in [0.1, 0.15) is 12.7 Å². The van der Waals surface area contributed by atoms with Crippen LogP contribution in [-0.2, 0) is 26.3 Å². The highest BCUT2D eigenvalue weighted by molar-refractivity contribution is 8.07. The molecule has 4 N–H and O–H groups in total. The smallest absolute Gasteiger partial charge is 0.314 e. The third-order valence-corrected chi connectivity index (χ3v) is 10.0. The van der Waals surface area contributed by atoms with Gasteiger partial charge < -0.3 is 34.7 Å². The minimum Gasteiger partial charge on any atom is -0.543 e. The second-order valence-corrected chi connectivity index (χ2v) is 13.3. The van der Waals surface area contributed by atoms with E-state index in [4.69, 9.17) is 19.5 Å². The summed E-state index contributed by atoms with van der Waals surface area (Å²) >= 11 is 4.48. The van der Waals surface area contributed by atoms with E-state index < -0.39 is 37.7 Å². The topological polar surface area (TPSA) is 215 Å². The molecule has 0 saturated carbocycles. The van der Waals surface area contributed by atoms with Gasteiger partial charge in [-0.25, -0.2) is 9.55 Å². The van der Waals surface area contributed by atoms with Gasteiger partial charge in [-0.1, -0.05) is 22.2 Å². The van der Waals surface area contributed by atoms with Crippen LogP contribution in [0.2, 0.25) is 0 Å². The lowest BCUT2D eigenvalue weighted by atomic mass is 10.0. The van der Waals surface area contributed by atoms with Crippen LogP contribution >= 0.6 is 54.9 Å². The number of β-lactam (4-membered cyclic amide) rings is 1. The first-order valence-electron chi connectivity index (χ1n) is 12.1. The van der Waals surface area contributed by atoms with Gasteiger partial charge in [-0.05, 0) is 6.92 Å². The Morgan fingerprint density at radius 3 is 2.79 bits per heavy atom. The molecule has 2 amide bonds. The summed E-state index contributed by atoms with van der Waals surface area (Å²) in [6.45, 7) is 1.75. The standard InChI is InChI=1S/C22H21N8O8PS4/c1-3-37-26-13(16-25-21(43-27-16)38-28-39(35)36)17(31)24-14-18(32)30-15(20(33)34)12(9-40-19(14)30)42-22-23-11(8-41-22)10-4-6-29(2)7-5-10/h4-8,14,19,28,35-36H,3,9H2,1-2H3,(H-,24,31,33,34)/b26-13+/t14?,19-/m1/s1. The van der Waals surface area contributed by atoms with E-state index in [9.17, 15) is 19.5 Å². The van der Waals surface area contributed by atoms with E-state index in [1.807, 2.05) is 46.8 Å². The number of hydrogen-bond acceptors (Lipinski definition) is 17. The first-order chi connectivity index (χ1) is 20.7. The number of hydrogen-bond donors (Lipinski definition) is 4. The zero-order valence-corrected chi connectivity index (χ0v) is 26.2. The van der Waals surface area contributed by atoms with E-state index in [1.165, 1.54) is 23.1 Å². The first-order valence-corrected chi connectivity index (χ1v) is 16.9. The molecule has 5 heterocycles. The molecular formula is C22H21N8O8PS4. The summed E-state index contributed by atoms with van der Waals surface area (Å²) in [5, 5.41) is 21.4. The van der Waals surface area contributed by atoms with Crippen molar-refractivity contribution in [2.75, 3.05) is 12.4 Å². The van der Waals surface area contributed by atoms with E-state index in [0.29, 0.717) is 20.8 Å². The Labute approximate surface area is 260 Å². The summed E-state index contributed by atoms with van der Waals surface area (Å²) in [6.07, 6.45) is 3.80. The molecule has 2 aliphatic heterocycles. The molecule has 1 fully saturated rings. The molecule has 2 atom stereocenters. The van der Waals surface area contributed by atoms with Crippen molar-refractivity contribution < 1.29 is 43.5 Å². The second kappa shape index (κ2) is 13.6. The Morgan fingerprint density at radius 2 is 2.09 bits per heavy atom. The number of aromatic nitrogens is 4. The zero-order chi connectivity index (χ0) is 30.7. The molecule has 16 nitrogen and oxygen atoms in total. The number of carboxylic acid groups (broad SMARTS) is 1. The Balaban J connectivity index is 1.30. The summed E-state index contributed by atoms with van der Waals surface area (Å²) in [5.41, 5.74) is 1.02. The number of amides is 2. The minimum atomic E-state index is -2.57. The van der Waals surface area contributed by atoms with Crippen molar-refractivity contribution in [3.63, 3.8) is 0 Å². The highest BCUT2D eigenvalue weighted by Gasteiger charge is 2.53. The maximum absolute atomic E-state index is 13.2. The summed E-state index contributed by atoms with van der Waals surface area (Å²) in [7, 11) is -0.667. The van der Waals surface area contributed by atoms with Crippen molar-refractivity contribution in [2.24, 2.45) is 12.2 Å².